The molecule has 1 saturated carbocycles. The van der Waals surface area contributed by atoms with Crippen molar-refractivity contribution >= 4 is 15.9 Å². The van der Waals surface area contributed by atoms with Crippen molar-refractivity contribution in [2.45, 2.75) is 50.2 Å². The molecule has 1 saturated heterocycles. The number of ether oxygens (including phenoxy) is 1. The highest BCUT2D eigenvalue weighted by molar-refractivity contribution is 9.10. The van der Waals surface area contributed by atoms with Gasteiger partial charge in [-0.1, -0.05) is 28.8 Å². The van der Waals surface area contributed by atoms with E-state index in [9.17, 15) is 4.39 Å². The zero-order chi connectivity index (χ0) is 14.9. The Balaban J connectivity index is 1.84. The molecule has 3 rings (SSSR count). The van der Waals surface area contributed by atoms with E-state index in [0.29, 0.717) is 5.92 Å². The molecule has 2 unspecified atom stereocenters. The van der Waals surface area contributed by atoms with E-state index in [1.54, 1.807) is 12.1 Å². The summed E-state index contributed by atoms with van der Waals surface area (Å²) in [7, 11) is 0. The Morgan fingerprint density at radius 3 is 2.86 bits per heavy atom. The zero-order valence-corrected chi connectivity index (χ0v) is 13.7. The number of halogens is 2. The molecule has 2 fully saturated rings. The lowest BCUT2D eigenvalue weighted by Gasteiger charge is -2.41. The average molecular weight is 357 g/mol. The van der Waals surface area contributed by atoms with Crippen molar-refractivity contribution in [3.8, 4) is 0 Å². The highest BCUT2D eigenvalue weighted by atomic mass is 79.9. The SMILES string of the molecule is NNC(c1cc(F)ccc1Br)C1CCOC2(CCCC2)C1. The van der Waals surface area contributed by atoms with E-state index in [1.165, 1.54) is 18.9 Å². The van der Waals surface area contributed by atoms with Gasteiger partial charge in [0.05, 0.1) is 11.6 Å². The number of rotatable bonds is 3. The Morgan fingerprint density at radius 2 is 2.14 bits per heavy atom. The van der Waals surface area contributed by atoms with Gasteiger partial charge in [-0.3, -0.25) is 11.3 Å². The smallest absolute Gasteiger partial charge is 0.123 e. The maximum Gasteiger partial charge on any atom is 0.123 e. The lowest BCUT2D eigenvalue weighted by atomic mass is 9.79. The molecular weight excluding hydrogens is 335 g/mol. The van der Waals surface area contributed by atoms with Gasteiger partial charge in [0.1, 0.15) is 5.82 Å². The first kappa shape index (κ1) is 15.4. The van der Waals surface area contributed by atoms with Crippen LogP contribution in [0.3, 0.4) is 0 Å². The molecule has 0 radical (unpaired) electrons. The highest BCUT2D eigenvalue weighted by Crippen LogP contribution is 2.45. The largest absolute Gasteiger partial charge is 0.375 e. The summed E-state index contributed by atoms with van der Waals surface area (Å²) in [5.74, 6) is 5.96. The molecule has 3 nitrogen and oxygen atoms in total. The van der Waals surface area contributed by atoms with Gasteiger partial charge in [-0.05, 0) is 55.4 Å². The van der Waals surface area contributed by atoms with Crippen LogP contribution in [0.5, 0.6) is 0 Å². The van der Waals surface area contributed by atoms with Crippen molar-refractivity contribution in [2.75, 3.05) is 6.61 Å². The van der Waals surface area contributed by atoms with Gasteiger partial charge >= 0.3 is 0 Å². The van der Waals surface area contributed by atoms with E-state index < -0.39 is 0 Å². The molecule has 1 aliphatic heterocycles. The lowest BCUT2D eigenvalue weighted by Crippen LogP contribution is -2.43. The Hall–Kier alpha value is -0.490. The summed E-state index contributed by atoms with van der Waals surface area (Å²) in [6, 6.07) is 4.74. The fourth-order valence-electron chi connectivity index (χ4n) is 3.95. The topological polar surface area (TPSA) is 47.3 Å². The number of hydrazine groups is 1. The van der Waals surface area contributed by atoms with Crippen LogP contribution in [-0.4, -0.2) is 12.2 Å². The maximum absolute atomic E-state index is 13.6. The Morgan fingerprint density at radius 1 is 1.38 bits per heavy atom. The monoisotopic (exact) mass is 356 g/mol. The second-order valence-electron chi connectivity index (χ2n) is 6.30. The van der Waals surface area contributed by atoms with Crippen molar-refractivity contribution in [2.24, 2.45) is 11.8 Å². The van der Waals surface area contributed by atoms with Crippen molar-refractivity contribution in [3.63, 3.8) is 0 Å². The van der Waals surface area contributed by atoms with Gasteiger partial charge in [0.15, 0.2) is 0 Å². The lowest BCUT2D eigenvalue weighted by molar-refractivity contribution is -0.0982. The van der Waals surface area contributed by atoms with Crippen LogP contribution in [0.1, 0.15) is 50.1 Å². The molecular formula is C16H22BrFN2O. The number of nitrogens with two attached hydrogens (primary N) is 1. The van der Waals surface area contributed by atoms with E-state index in [2.05, 4.69) is 21.4 Å². The summed E-state index contributed by atoms with van der Waals surface area (Å²) in [4.78, 5) is 0. The molecule has 2 atom stereocenters. The average Bonchev–Trinajstić information content (AvgIpc) is 2.91. The first-order chi connectivity index (χ1) is 10.1. The van der Waals surface area contributed by atoms with Crippen molar-refractivity contribution < 1.29 is 9.13 Å². The molecule has 1 spiro atoms. The van der Waals surface area contributed by atoms with Crippen molar-refractivity contribution in [1.82, 2.24) is 5.43 Å². The van der Waals surface area contributed by atoms with Gasteiger partial charge in [0.2, 0.25) is 0 Å². The van der Waals surface area contributed by atoms with Gasteiger partial charge in [0, 0.05) is 11.1 Å². The predicted molar refractivity (Wildman–Crippen MR) is 84.0 cm³/mol. The van der Waals surface area contributed by atoms with Gasteiger partial charge in [0.25, 0.3) is 0 Å². The second-order valence-corrected chi connectivity index (χ2v) is 7.16. The van der Waals surface area contributed by atoms with Crippen LogP contribution in [0.2, 0.25) is 0 Å². The standard InChI is InChI=1S/C16H22BrFN2O/c17-14-4-3-12(18)9-13(14)15(20-19)11-5-8-21-16(10-11)6-1-2-7-16/h3-4,9,11,15,20H,1-2,5-8,10,19H2. The van der Waals surface area contributed by atoms with Crippen LogP contribution in [0, 0.1) is 11.7 Å². The third kappa shape index (κ3) is 3.16. The normalized spacial score (nSPS) is 26.1. The minimum Gasteiger partial charge on any atom is -0.375 e. The van der Waals surface area contributed by atoms with Crippen LogP contribution in [0.25, 0.3) is 0 Å². The first-order valence-electron chi connectivity index (χ1n) is 7.69. The summed E-state index contributed by atoms with van der Waals surface area (Å²) in [5.41, 5.74) is 3.85. The predicted octanol–water partition coefficient (Wildman–Crippen LogP) is 3.83. The summed E-state index contributed by atoms with van der Waals surface area (Å²) >= 11 is 3.52. The second kappa shape index (κ2) is 6.32. The van der Waals surface area contributed by atoms with E-state index in [1.807, 2.05) is 0 Å². The molecule has 0 amide bonds. The number of benzene rings is 1. The third-order valence-corrected chi connectivity index (χ3v) is 5.71. The number of hydrogen-bond acceptors (Lipinski definition) is 3. The fraction of sp³-hybridized carbons (Fsp3) is 0.625. The molecule has 1 aromatic carbocycles. The van der Waals surface area contributed by atoms with Gasteiger partial charge in [-0.25, -0.2) is 4.39 Å². The van der Waals surface area contributed by atoms with Crippen LogP contribution < -0.4 is 11.3 Å². The number of hydrogen-bond donors (Lipinski definition) is 2. The van der Waals surface area contributed by atoms with Crippen molar-refractivity contribution in [1.29, 1.82) is 0 Å². The Bertz CT molecular complexity index is 505. The quantitative estimate of drug-likeness (QED) is 0.639. The molecule has 2 aliphatic rings. The van der Waals surface area contributed by atoms with E-state index >= 15 is 0 Å². The summed E-state index contributed by atoms with van der Waals surface area (Å²) in [5, 5.41) is 0. The van der Waals surface area contributed by atoms with Crippen LogP contribution in [0.4, 0.5) is 4.39 Å². The summed E-state index contributed by atoms with van der Waals surface area (Å²) in [6.07, 6.45) is 6.74. The maximum atomic E-state index is 13.6. The van der Waals surface area contributed by atoms with E-state index in [-0.39, 0.29) is 17.5 Å². The summed E-state index contributed by atoms with van der Waals surface area (Å²) in [6.45, 7) is 0.774. The van der Waals surface area contributed by atoms with Crippen LogP contribution in [0.15, 0.2) is 22.7 Å². The fourth-order valence-corrected chi connectivity index (χ4v) is 4.44. The van der Waals surface area contributed by atoms with Gasteiger partial charge in [-0.15, -0.1) is 0 Å². The highest BCUT2D eigenvalue weighted by Gasteiger charge is 2.42. The van der Waals surface area contributed by atoms with Crippen LogP contribution >= 0.6 is 15.9 Å². The Kier molecular flexibility index (Phi) is 4.64. The molecule has 0 aromatic heterocycles. The Labute approximate surface area is 133 Å². The minimum absolute atomic E-state index is 0.0395. The van der Waals surface area contributed by atoms with Crippen LogP contribution in [-0.2, 0) is 4.74 Å². The third-order valence-electron chi connectivity index (χ3n) is 4.99. The molecule has 1 heterocycles. The minimum atomic E-state index is -0.226. The van der Waals surface area contributed by atoms with E-state index in [0.717, 1.165) is 42.3 Å². The van der Waals surface area contributed by atoms with Gasteiger partial charge < -0.3 is 4.74 Å². The molecule has 116 valence electrons. The van der Waals surface area contributed by atoms with Gasteiger partial charge in [-0.2, -0.15) is 0 Å². The molecule has 0 bridgehead atoms. The molecule has 21 heavy (non-hydrogen) atoms. The molecule has 1 aromatic rings. The summed E-state index contributed by atoms with van der Waals surface area (Å²) < 4.78 is 20.6. The molecule has 5 heteroatoms. The molecule has 1 aliphatic carbocycles. The molecule has 3 N–H and O–H groups in total. The number of nitrogens with one attached hydrogen (secondary N) is 1. The zero-order valence-electron chi connectivity index (χ0n) is 12.1. The van der Waals surface area contributed by atoms with Crippen molar-refractivity contribution in [3.05, 3.63) is 34.1 Å². The first-order valence-corrected chi connectivity index (χ1v) is 8.48. The van der Waals surface area contributed by atoms with E-state index in [4.69, 9.17) is 10.6 Å².